The molecule has 5 rings (SSSR count). The average Bonchev–Trinajstić information content (AvgIpc) is 3.22. The standard InChI is InChI=1S/C17H17N3O3/c1-23-9-5-6-18-15-11(9)12-13-10(16(21)20-17(13)22)7-3-2-4-8(7)14(12)19-15/h5-8,10,13H,2-4H2,1H3,(H,18,19)(H,20,21,22). The summed E-state index contributed by atoms with van der Waals surface area (Å²) in [7, 11) is 1.62. The Bertz CT molecular complexity index is 856. The second-order valence-electron chi connectivity index (χ2n) is 6.75. The van der Waals surface area contributed by atoms with Gasteiger partial charge >= 0.3 is 0 Å². The van der Waals surface area contributed by atoms with Gasteiger partial charge in [0.1, 0.15) is 11.4 Å². The molecule has 2 aromatic rings. The maximum absolute atomic E-state index is 12.5. The topological polar surface area (TPSA) is 84.1 Å². The molecule has 1 aliphatic heterocycles. The molecule has 0 spiro atoms. The third-order valence-electron chi connectivity index (χ3n) is 5.85. The number of nitrogens with zero attached hydrogens (tertiary/aromatic N) is 1. The molecule has 2 aliphatic carbocycles. The van der Waals surface area contributed by atoms with Crippen molar-refractivity contribution in [3.8, 4) is 5.75 Å². The fourth-order valence-electron chi connectivity index (χ4n) is 5.04. The number of imide groups is 1. The number of amides is 2. The van der Waals surface area contributed by atoms with E-state index < -0.39 is 5.92 Å². The number of hydrogen-bond acceptors (Lipinski definition) is 4. The molecule has 4 atom stereocenters. The van der Waals surface area contributed by atoms with Gasteiger partial charge in [0.05, 0.1) is 24.3 Å². The summed E-state index contributed by atoms with van der Waals surface area (Å²) < 4.78 is 5.50. The first-order valence-electron chi connectivity index (χ1n) is 8.10. The van der Waals surface area contributed by atoms with Gasteiger partial charge in [-0.15, -0.1) is 0 Å². The minimum Gasteiger partial charge on any atom is -0.496 e. The molecule has 3 aliphatic rings. The number of rotatable bonds is 1. The zero-order valence-electron chi connectivity index (χ0n) is 12.8. The highest BCUT2D eigenvalue weighted by atomic mass is 16.5. The van der Waals surface area contributed by atoms with E-state index in [0.29, 0.717) is 11.7 Å². The van der Waals surface area contributed by atoms with E-state index in [1.807, 2.05) is 0 Å². The van der Waals surface area contributed by atoms with Crippen molar-refractivity contribution in [2.24, 2.45) is 11.8 Å². The summed E-state index contributed by atoms with van der Waals surface area (Å²) in [5.74, 6) is 0.308. The Morgan fingerprint density at radius 1 is 1.26 bits per heavy atom. The lowest BCUT2D eigenvalue weighted by Crippen LogP contribution is -2.32. The Hall–Kier alpha value is -2.37. The third-order valence-corrected chi connectivity index (χ3v) is 5.85. The summed E-state index contributed by atoms with van der Waals surface area (Å²) in [6.45, 7) is 0. The van der Waals surface area contributed by atoms with E-state index in [2.05, 4.69) is 15.3 Å². The Kier molecular flexibility index (Phi) is 2.47. The first-order valence-corrected chi connectivity index (χ1v) is 8.10. The highest BCUT2D eigenvalue weighted by molar-refractivity contribution is 6.10. The van der Waals surface area contributed by atoms with Crippen LogP contribution in [-0.2, 0) is 9.59 Å². The minimum atomic E-state index is -0.413. The SMILES string of the molecule is COc1ccnc2[nH]c3c(c12)C1C(=O)NC(=O)C1C1CCCC31. The largest absolute Gasteiger partial charge is 0.496 e. The second kappa shape index (κ2) is 4.34. The van der Waals surface area contributed by atoms with Gasteiger partial charge in [-0.3, -0.25) is 14.9 Å². The van der Waals surface area contributed by atoms with Crippen LogP contribution in [0.5, 0.6) is 5.75 Å². The van der Waals surface area contributed by atoms with E-state index in [1.165, 1.54) is 0 Å². The second-order valence-corrected chi connectivity index (χ2v) is 6.75. The Labute approximate surface area is 132 Å². The number of nitrogens with one attached hydrogen (secondary N) is 2. The van der Waals surface area contributed by atoms with Crippen LogP contribution >= 0.6 is 0 Å². The number of carbonyl (C=O) groups excluding carboxylic acids is 2. The number of aromatic amines is 1. The van der Waals surface area contributed by atoms with Crippen molar-refractivity contribution in [3.05, 3.63) is 23.5 Å². The lowest BCUT2D eigenvalue weighted by molar-refractivity contribution is -0.126. The number of methoxy groups -OCH3 is 1. The van der Waals surface area contributed by atoms with E-state index in [0.717, 1.165) is 41.6 Å². The van der Waals surface area contributed by atoms with Gasteiger partial charge < -0.3 is 9.72 Å². The molecule has 6 nitrogen and oxygen atoms in total. The molecule has 2 amide bonds. The van der Waals surface area contributed by atoms with E-state index >= 15 is 0 Å². The van der Waals surface area contributed by atoms with E-state index in [-0.39, 0.29) is 23.7 Å². The highest BCUT2D eigenvalue weighted by Crippen LogP contribution is 2.57. The number of hydrogen-bond donors (Lipinski definition) is 2. The molecule has 23 heavy (non-hydrogen) atoms. The quantitative estimate of drug-likeness (QED) is 0.787. The molecule has 6 heteroatoms. The van der Waals surface area contributed by atoms with Crippen molar-refractivity contribution in [1.82, 2.24) is 15.3 Å². The predicted molar refractivity (Wildman–Crippen MR) is 82.1 cm³/mol. The van der Waals surface area contributed by atoms with Crippen molar-refractivity contribution in [2.75, 3.05) is 7.11 Å². The molecule has 1 saturated heterocycles. The lowest BCUT2D eigenvalue weighted by atomic mass is 9.67. The van der Waals surface area contributed by atoms with Gasteiger partial charge in [-0.1, -0.05) is 6.42 Å². The van der Waals surface area contributed by atoms with Crippen LogP contribution in [-0.4, -0.2) is 28.9 Å². The summed E-state index contributed by atoms with van der Waals surface area (Å²) in [6.07, 6.45) is 4.86. The van der Waals surface area contributed by atoms with Crippen molar-refractivity contribution in [1.29, 1.82) is 0 Å². The number of carbonyl (C=O) groups is 2. The minimum absolute atomic E-state index is 0.111. The van der Waals surface area contributed by atoms with Crippen LogP contribution in [0, 0.1) is 11.8 Å². The summed E-state index contributed by atoms with van der Waals surface area (Å²) in [4.78, 5) is 32.7. The normalized spacial score (nSPS) is 31.7. The summed E-state index contributed by atoms with van der Waals surface area (Å²) in [6, 6.07) is 1.81. The number of H-pyrrole nitrogens is 1. The van der Waals surface area contributed by atoms with Gasteiger partial charge in [0.2, 0.25) is 11.8 Å². The molecular formula is C17H17N3O3. The van der Waals surface area contributed by atoms with Crippen LogP contribution < -0.4 is 10.1 Å². The fraction of sp³-hybridized carbons (Fsp3) is 0.471. The molecule has 118 valence electrons. The molecular weight excluding hydrogens is 294 g/mol. The first kappa shape index (κ1) is 13.1. The number of ether oxygens (including phenoxy) is 1. The zero-order chi connectivity index (χ0) is 15.7. The summed E-state index contributed by atoms with van der Waals surface area (Å²) in [5.41, 5.74) is 2.76. The lowest BCUT2D eigenvalue weighted by Gasteiger charge is -2.33. The molecule has 2 N–H and O–H groups in total. The molecule has 1 saturated carbocycles. The zero-order valence-corrected chi connectivity index (χ0v) is 12.8. The number of fused-ring (bicyclic) bond motifs is 8. The maximum atomic E-state index is 12.5. The molecule has 4 unspecified atom stereocenters. The molecule has 0 radical (unpaired) electrons. The number of pyridine rings is 1. The van der Waals surface area contributed by atoms with Crippen LogP contribution in [0.4, 0.5) is 0 Å². The van der Waals surface area contributed by atoms with Gasteiger partial charge in [0.15, 0.2) is 0 Å². The van der Waals surface area contributed by atoms with E-state index in [9.17, 15) is 9.59 Å². The Morgan fingerprint density at radius 3 is 2.96 bits per heavy atom. The molecule has 2 fully saturated rings. The molecule has 0 aromatic carbocycles. The fourth-order valence-corrected chi connectivity index (χ4v) is 5.04. The van der Waals surface area contributed by atoms with Crippen LogP contribution in [0.2, 0.25) is 0 Å². The van der Waals surface area contributed by atoms with Crippen LogP contribution in [0.3, 0.4) is 0 Å². The van der Waals surface area contributed by atoms with Crippen LogP contribution in [0.15, 0.2) is 12.3 Å². The molecule has 0 bridgehead atoms. The van der Waals surface area contributed by atoms with Crippen molar-refractivity contribution >= 4 is 22.8 Å². The van der Waals surface area contributed by atoms with Crippen molar-refractivity contribution in [2.45, 2.75) is 31.1 Å². The van der Waals surface area contributed by atoms with Gasteiger partial charge in [-0.25, -0.2) is 4.98 Å². The Morgan fingerprint density at radius 2 is 2.13 bits per heavy atom. The molecule has 2 aromatic heterocycles. The first-order chi connectivity index (χ1) is 11.2. The van der Waals surface area contributed by atoms with Crippen molar-refractivity contribution < 1.29 is 14.3 Å². The highest BCUT2D eigenvalue weighted by Gasteiger charge is 2.56. The van der Waals surface area contributed by atoms with Crippen LogP contribution in [0.1, 0.15) is 42.4 Å². The number of aromatic nitrogens is 2. The van der Waals surface area contributed by atoms with Gasteiger partial charge in [-0.2, -0.15) is 0 Å². The van der Waals surface area contributed by atoms with Gasteiger partial charge in [0, 0.05) is 17.8 Å². The summed E-state index contributed by atoms with van der Waals surface area (Å²) in [5, 5.41) is 3.41. The monoisotopic (exact) mass is 311 g/mol. The van der Waals surface area contributed by atoms with Gasteiger partial charge in [-0.05, 0) is 30.4 Å². The molecule has 3 heterocycles. The Balaban J connectivity index is 1.86. The average molecular weight is 311 g/mol. The van der Waals surface area contributed by atoms with E-state index in [1.54, 1.807) is 19.4 Å². The van der Waals surface area contributed by atoms with Gasteiger partial charge in [0.25, 0.3) is 0 Å². The maximum Gasteiger partial charge on any atom is 0.235 e. The third kappa shape index (κ3) is 1.51. The van der Waals surface area contributed by atoms with E-state index in [4.69, 9.17) is 4.74 Å². The van der Waals surface area contributed by atoms with Crippen LogP contribution in [0.25, 0.3) is 11.0 Å². The summed E-state index contributed by atoms with van der Waals surface area (Å²) >= 11 is 0. The predicted octanol–water partition coefficient (Wildman–Crippen LogP) is 1.82. The van der Waals surface area contributed by atoms with Crippen molar-refractivity contribution in [3.63, 3.8) is 0 Å². The smallest absolute Gasteiger partial charge is 0.235 e.